The van der Waals surface area contributed by atoms with Gasteiger partial charge >= 0.3 is 5.97 Å². The number of carbonyl (C=O) groups is 1. The molecule has 0 rings (SSSR count). The van der Waals surface area contributed by atoms with E-state index >= 15 is 0 Å². The van der Waals surface area contributed by atoms with Gasteiger partial charge in [-0.25, -0.2) is 0 Å². The predicted molar refractivity (Wildman–Crippen MR) is 101 cm³/mol. The summed E-state index contributed by atoms with van der Waals surface area (Å²) in [7, 11) is 0. The number of carbonyl (C=O) groups excluding carboxylic acids is 1. The van der Waals surface area contributed by atoms with Crippen molar-refractivity contribution in [3.8, 4) is 0 Å². The number of hydrogen-bond donors (Lipinski definition) is 0. The topological polar surface area (TPSA) is 26.3 Å². The Hall–Kier alpha value is -0.530. The summed E-state index contributed by atoms with van der Waals surface area (Å²) in [5.74, 6) is 0.952. The summed E-state index contributed by atoms with van der Waals surface area (Å²) in [5.41, 5.74) is 0. The molecule has 0 heterocycles. The molecule has 2 heteroatoms. The van der Waals surface area contributed by atoms with Crippen molar-refractivity contribution in [3.05, 3.63) is 0 Å². The molecule has 0 unspecified atom stereocenters. The van der Waals surface area contributed by atoms with Crippen molar-refractivity contribution in [3.63, 3.8) is 0 Å². The van der Waals surface area contributed by atoms with Crippen LogP contribution in [0.15, 0.2) is 0 Å². The molecule has 0 aromatic rings. The van der Waals surface area contributed by atoms with Gasteiger partial charge in [0.1, 0.15) is 6.10 Å². The first-order valence-electron chi connectivity index (χ1n) is 10.1. The molecule has 0 aliphatic heterocycles. The Kier molecular flexibility index (Phi) is 13.5. The number of esters is 1. The number of unbranched alkanes of at least 4 members (excludes halogenated alkanes) is 6. The molecule has 0 spiro atoms. The molecule has 23 heavy (non-hydrogen) atoms. The molecule has 0 atom stereocenters. The molecular weight excluding hydrogens is 284 g/mol. The van der Waals surface area contributed by atoms with Crippen molar-refractivity contribution >= 4 is 5.97 Å². The Balaban J connectivity index is 4.50. The standard InChI is InChI=1S/C21H42O2/c1-7-9-11-13-15-19(16-14-12-10-8-2)21(22)23-20(17(3)4)18(5)6/h17-20H,7-16H2,1-6H3. The van der Waals surface area contributed by atoms with E-state index in [4.69, 9.17) is 4.74 Å². The fourth-order valence-electron chi connectivity index (χ4n) is 3.29. The van der Waals surface area contributed by atoms with Crippen LogP contribution < -0.4 is 0 Å². The number of ether oxygens (including phenoxy) is 1. The van der Waals surface area contributed by atoms with Crippen LogP contribution in [0.3, 0.4) is 0 Å². The van der Waals surface area contributed by atoms with Crippen molar-refractivity contribution in [2.75, 3.05) is 0 Å². The van der Waals surface area contributed by atoms with Gasteiger partial charge in [0.25, 0.3) is 0 Å². The van der Waals surface area contributed by atoms with Gasteiger partial charge in [-0.15, -0.1) is 0 Å². The zero-order valence-electron chi connectivity index (χ0n) is 16.7. The van der Waals surface area contributed by atoms with Gasteiger partial charge in [0.15, 0.2) is 0 Å². The van der Waals surface area contributed by atoms with Crippen LogP contribution in [0.4, 0.5) is 0 Å². The quantitative estimate of drug-likeness (QED) is 0.260. The average Bonchev–Trinajstić information content (AvgIpc) is 2.50. The van der Waals surface area contributed by atoms with Gasteiger partial charge < -0.3 is 4.74 Å². The smallest absolute Gasteiger partial charge is 0.309 e. The van der Waals surface area contributed by atoms with Crippen molar-refractivity contribution in [1.82, 2.24) is 0 Å². The van der Waals surface area contributed by atoms with Crippen LogP contribution in [0.1, 0.15) is 106 Å². The molecule has 0 bridgehead atoms. The molecule has 0 saturated carbocycles. The SMILES string of the molecule is CCCCCCC(CCCCCC)C(=O)OC(C(C)C)C(C)C. The van der Waals surface area contributed by atoms with Crippen LogP contribution in [-0.2, 0) is 9.53 Å². The third-order valence-electron chi connectivity index (χ3n) is 4.71. The van der Waals surface area contributed by atoms with Crippen molar-refractivity contribution in [1.29, 1.82) is 0 Å². The van der Waals surface area contributed by atoms with E-state index in [1.165, 1.54) is 38.5 Å². The average molecular weight is 327 g/mol. The van der Waals surface area contributed by atoms with Crippen LogP contribution >= 0.6 is 0 Å². The summed E-state index contributed by atoms with van der Waals surface area (Å²) < 4.78 is 5.91. The first-order valence-corrected chi connectivity index (χ1v) is 10.1. The van der Waals surface area contributed by atoms with E-state index in [0.717, 1.165) is 25.7 Å². The number of rotatable bonds is 14. The van der Waals surface area contributed by atoms with Crippen LogP contribution in [0.2, 0.25) is 0 Å². The van der Waals surface area contributed by atoms with E-state index in [9.17, 15) is 4.79 Å². The molecule has 0 radical (unpaired) electrons. The molecule has 138 valence electrons. The number of hydrogen-bond acceptors (Lipinski definition) is 2. The molecule has 0 saturated heterocycles. The Morgan fingerprint density at radius 3 is 1.52 bits per heavy atom. The zero-order valence-corrected chi connectivity index (χ0v) is 16.7. The van der Waals surface area contributed by atoms with E-state index < -0.39 is 0 Å². The van der Waals surface area contributed by atoms with Crippen LogP contribution in [-0.4, -0.2) is 12.1 Å². The summed E-state index contributed by atoms with van der Waals surface area (Å²) in [6.45, 7) is 13.1. The van der Waals surface area contributed by atoms with Gasteiger partial charge in [-0.2, -0.15) is 0 Å². The highest BCUT2D eigenvalue weighted by Crippen LogP contribution is 2.24. The molecule has 0 aliphatic carbocycles. The molecule has 0 aromatic heterocycles. The summed E-state index contributed by atoms with van der Waals surface area (Å²) in [5, 5.41) is 0. The van der Waals surface area contributed by atoms with Gasteiger partial charge in [0.2, 0.25) is 0 Å². The molecular formula is C21H42O2. The summed E-state index contributed by atoms with van der Waals surface area (Å²) in [6, 6.07) is 0. The fourth-order valence-corrected chi connectivity index (χ4v) is 3.29. The van der Waals surface area contributed by atoms with E-state index in [0.29, 0.717) is 11.8 Å². The lowest BCUT2D eigenvalue weighted by Crippen LogP contribution is -2.32. The van der Waals surface area contributed by atoms with Gasteiger partial charge in [-0.1, -0.05) is 92.9 Å². The highest BCUT2D eigenvalue weighted by atomic mass is 16.5. The van der Waals surface area contributed by atoms with Gasteiger partial charge in [-0.3, -0.25) is 4.79 Å². The normalized spacial score (nSPS) is 11.9. The van der Waals surface area contributed by atoms with E-state index in [-0.39, 0.29) is 18.0 Å². The summed E-state index contributed by atoms with van der Waals surface area (Å²) in [6.07, 6.45) is 11.9. The minimum absolute atomic E-state index is 0.0521. The lowest BCUT2D eigenvalue weighted by molar-refractivity contribution is -0.159. The monoisotopic (exact) mass is 326 g/mol. The molecule has 0 amide bonds. The highest BCUT2D eigenvalue weighted by Gasteiger charge is 2.26. The van der Waals surface area contributed by atoms with E-state index in [2.05, 4.69) is 41.5 Å². The maximum absolute atomic E-state index is 12.7. The van der Waals surface area contributed by atoms with Crippen LogP contribution in [0.25, 0.3) is 0 Å². The molecule has 2 nitrogen and oxygen atoms in total. The molecule has 0 N–H and O–H groups in total. The molecule has 0 aromatic carbocycles. The van der Waals surface area contributed by atoms with Crippen molar-refractivity contribution < 1.29 is 9.53 Å². The minimum Gasteiger partial charge on any atom is -0.462 e. The second kappa shape index (κ2) is 13.9. The Morgan fingerprint density at radius 1 is 0.739 bits per heavy atom. The van der Waals surface area contributed by atoms with Gasteiger partial charge in [0, 0.05) is 0 Å². The maximum Gasteiger partial charge on any atom is 0.309 e. The highest BCUT2D eigenvalue weighted by molar-refractivity contribution is 5.72. The van der Waals surface area contributed by atoms with E-state index in [1.54, 1.807) is 0 Å². The van der Waals surface area contributed by atoms with Crippen LogP contribution in [0, 0.1) is 17.8 Å². The first-order chi connectivity index (χ1) is 10.9. The lowest BCUT2D eigenvalue weighted by atomic mass is 9.93. The fraction of sp³-hybridized carbons (Fsp3) is 0.952. The maximum atomic E-state index is 12.7. The minimum atomic E-state index is 0.0521. The summed E-state index contributed by atoms with van der Waals surface area (Å²) >= 11 is 0. The van der Waals surface area contributed by atoms with Gasteiger partial charge in [-0.05, 0) is 24.7 Å². The van der Waals surface area contributed by atoms with E-state index in [1.807, 2.05) is 0 Å². The lowest BCUT2D eigenvalue weighted by Gasteiger charge is -2.27. The Morgan fingerprint density at radius 2 is 1.17 bits per heavy atom. The first kappa shape index (κ1) is 22.5. The zero-order chi connectivity index (χ0) is 17.7. The molecule has 0 fully saturated rings. The predicted octanol–water partition coefficient (Wildman–Crippen LogP) is 6.77. The second-order valence-electron chi connectivity index (χ2n) is 7.79. The van der Waals surface area contributed by atoms with Crippen molar-refractivity contribution in [2.45, 2.75) is 112 Å². The Labute approximate surface area is 145 Å². The third kappa shape index (κ3) is 10.8. The van der Waals surface area contributed by atoms with Gasteiger partial charge in [0.05, 0.1) is 5.92 Å². The third-order valence-corrected chi connectivity index (χ3v) is 4.71. The van der Waals surface area contributed by atoms with Crippen molar-refractivity contribution in [2.24, 2.45) is 17.8 Å². The van der Waals surface area contributed by atoms with Crippen LogP contribution in [0.5, 0.6) is 0 Å². The summed E-state index contributed by atoms with van der Waals surface area (Å²) in [4.78, 5) is 12.7. The largest absolute Gasteiger partial charge is 0.462 e. The Bertz CT molecular complexity index is 264. The second-order valence-corrected chi connectivity index (χ2v) is 7.79. The molecule has 0 aliphatic rings.